The van der Waals surface area contributed by atoms with Gasteiger partial charge in [0.1, 0.15) is 36.4 Å². The molecule has 3 radical (unpaired) electrons. The molecule has 55 heavy (non-hydrogen) atoms. The maximum atomic E-state index is 13.9. The SMILES string of the molecule is O=C1NC(=O)C(N=Nc2ccc(-n3nc4cc(S(=O)(=O)O)c5cc(Nc6nc(F)nc(F)c6Cl)cc(S(=O)(=O)O)c5c4n3)cc2S(=O)(=O)O)C(=O)N1.[Na].[Na].[Na]. The second kappa shape index (κ2) is 17.0. The number of barbiturate groups is 1. The van der Waals surface area contributed by atoms with Gasteiger partial charge in [-0.1, -0.05) is 11.6 Å². The molecule has 0 saturated carbocycles. The van der Waals surface area contributed by atoms with Crippen molar-refractivity contribution < 1.29 is 62.1 Å². The number of urea groups is 1. The Kier molecular flexibility index (Phi) is 14.4. The van der Waals surface area contributed by atoms with Crippen LogP contribution in [-0.2, 0) is 39.9 Å². The number of hydrogen-bond donors (Lipinski definition) is 6. The van der Waals surface area contributed by atoms with Crippen LogP contribution in [0.1, 0.15) is 0 Å². The first kappa shape index (κ1) is 46.7. The van der Waals surface area contributed by atoms with E-state index in [9.17, 15) is 62.1 Å². The molecule has 0 atom stereocenters. The van der Waals surface area contributed by atoms with Crippen molar-refractivity contribution in [1.82, 2.24) is 35.6 Å². The summed E-state index contributed by atoms with van der Waals surface area (Å²) >= 11 is 5.76. The zero-order chi connectivity index (χ0) is 38.1. The molecule has 1 fully saturated rings. The van der Waals surface area contributed by atoms with Gasteiger partial charge in [-0.2, -0.15) is 59.0 Å². The number of fused-ring (bicyclic) bond motifs is 3. The zero-order valence-electron chi connectivity index (χ0n) is 27.5. The third-order valence-corrected chi connectivity index (χ3v) is 9.81. The molecule has 31 heteroatoms. The minimum atomic E-state index is -5.36. The number of anilines is 2. The number of hydrogen-bond acceptors (Lipinski definition) is 16. The average molecular weight is 872 g/mol. The summed E-state index contributed by atoms with van der Waals surface area (Å²) in [5.41, 5.74) is -2.43. The Morgan fingerprint density at radius 3 is 1.98 bits per heavy atom. The quantitative estimate of drug-likeness (QED) is 0.0308. The predicted octanol–water partition coefficient (Wildman–Crippen LogP) is 0.455. The molecule has 3 aromatic carbocycles. The number of carbonyl (C=O) groups is 3. The molecule has 3 heterocycles. The van der Waals surface area contributed by atoms with Crippen molar-refractivity contribution in [3.63, 3.8) is 0 Å². The normalized spacial score (nSPS) is 13.9. The Balaban J connectivity index is 0.00000271. The van der Waals surface area contributed by atoms with Crippen molar-refractivity contribution in [2.24, 2.45) is 10.2 Å². The second-order valence-electron chi connectivity index (χ2n) is 10.2. The van der Waals surface area contributed by atoms with Gasteiger partial charge in [0.15, 0.2) is 5.82 Å². The van der Waals surface area contributed by atoms with Crippen LogP contribution in [0.15, 0.2) is 61.3 Å². The topological polar surface area (TPSA) is 332 Å². The van der Waals surface area contributed by atoms with E-state index in [0.717, 1.165) is 18.2 Å². The molecule has 1 saturated heterocycles. The van der Waals surface area contributed by atoms with E-state index in [0.29, 0.717) is 23.0 Å². The summed E-state index contributed by atoms with van der Waals surface area (Å²) in [6.45, 7) is 0. The Labute approximate surface area is 376 Å². The van der Waals surface area contributed by atoms with Crippen LogP contribution in [0.4, 0.5) is 30.8 Å². The number of nitrogens with one attached hydrogen (secondary N) is 3. The molecule has 0 unspecified atom stereocenters. The molecule has 0 bridgehead atoms. The standard InChI is InChI=1S/C24H13ClF2N10O12S3.3Na/c25-16-19(26)29-23(27)30-20(16)28-7-3-9-12(50(41,42)43)6-11-17(15(9)14(4-7)52(47,48)49)36-37(35-11)8-1-2-10(13(5-8)51(44,45)46)33-34-18-21(38)31-24(40)32-22(18)39;;;/h1-6,18H,(H,28,29,30)(H,41,42,43)(H,44,45,46)(H,47,48,49)(H2,31,32,38,39,40);;;. The fourth-order valence-corrected chi connectivity index (χ4v) is 6.93. The van der Waals surface area contributed by atoms with Gasteiger partial charge in [-0.05, 0) is 36.4 Å². The zero-order valence-corrected chi connectivity index (χ0v) is 36.8. The molecule has 6 N–H and O–H groups in total. The first-order chi connectivity index (χ1) is 24.1. The fourth-order valence-electron chi connectivity index (χ4n) is 4.72. The summed E-state index contributed by atoms with van der Waals surface area (Å²) < 4.78 is 133. The largest absolute Gasteiger partial charge is 0.339 e. The molecule has 0 spiro atoms. The van der Waals surface area contributed by atoms with Crippen LogP contribution in [0.2, 0.25) is 5.02 Å². The predicted molar refractivity (Wildman–Crippen MR) is 183 cm³/mol. The Bertz CT molecular complexity index is 2820. The molecule has 6 rings (SSSR count). The van der Waals surface area contributed by atoms with E-state index in [1.165, 1.54) is 0 Å². The third kappa shape index (κ3) is 9.71. The van der Waals surface area contributed by atoms with Gasteiger partial charge >= 0.3 is 12.1 Å². The number of benzene rings is 3. The van der Waals surface area contributed by atoms with Crippen molar-refractivity contribution in [2.75, 3.05) is 5.32 Å². The van der Waals surface area contributed by atoms with Crippen molar-refractivity contribution in [1.29, 1.82) is 0 Å². The minimum absolute atomic E-state index is 0. The number of carbonyl (C=O) groups excluding carboxylic acids is 3. The maximum absolute atomic E-state index is 13.9. The van der Waals surface area contributed by atoms with Gasteiger partial charge in [-0.25, -0.2) is 4.79 Å². The van der Waals surface area contributed by atoms with Gasteiger partial charge in [0.25, 0.3) is 42.2 Å². The molecule has 273 valence electrons. The van der Waals surface area contributed by atoms with Crippen LogP contribution >= 0.6 is 11.6 Å². The fraction of sp³-hybridized carbons (Fsp3) is 0.0417. The number of imide groups is 2. The third-order valence-electron chi connectivity index (χ3n) is 6.82. The van der Waals surface area contributed by atoms with E-state index in [2.05, 4.69) is 35.7 Å². The number of azo groups is 1. The molecule has 5 aromatic rings. The van der Waals surface area contributed by atoms with Gasteiger partial charge < -0.3 is 5.32 Å². The van der Waals surface area contributed by atoms with Crippen LogP contribution < -0.4 is 16.0 Å². The smallest absolute Gasteiger partial charge is 0.328 e. The molecule has 2 aromatic heterocycles. The number of aromatic nitrogens is 5. The van der Waals surface area contributed by atoms with E-state index in [-0.39, 0.29) is 94.4 Å². The summed E-state index contributed by atoms with van der Waals surface area (Å²) in [5, 5.41) is 18.6. The maximum Gasteiger partial charge on any atom is 0.328 e. The molecule has 1 aliphatic rings. The van der Waals surface area contributed by atoms with Crippen LogP contribution in [0.3, 0.4) is 0 Å². The molecular formula is C24H13ClF2N10Na3O12S3. The van der Waals surface area contributed by atoms with E-state index in [1.807, 2.05) is 0 Å². The van der Waals surface area contributed by atoms with E-state index >= 15 is 0 Å². The molecule has 0 aliphatic carbocycles. The van der Waals surface area contributed by atoms with Crippen molar-refractivity contribution >= 4 is 187 Å². The number of nitrogens with zero attached hydrogens (tertiary/aromatic N) is 7. The van der Waals surface area contributed by atoms with Crippen molar-refractivity contribution in [3.8, 4) is 5.69 Å². The van der Waals surface area contributed by atoms with Gasteiger partial charge in [-0.3, -0.25) is 33.9 Å². The summed E-state index contributed by atoms with van der Waals surface area (Å²) in [5.74, 6) is -4.68. The minimum Gasteiger partial charge on any atom is -0.339 e. The van der Waals surface area contributed by atoms with Gasteiger partial charge in [0.05, 0.1) is 5.69 Å². The van der Waals surface area contributed by atoms with Crippen LogP contribution in [-0.4, -0.2) is 176 Å². The van der Waals surface area contributed by atoms with Gasteiger partial charge in [0.2, 0.25) is 12.0 Å². The summed E-state index contributed by atoms with van der Waals surface area (Å²) in [6.07, 6.45) is -1.60. The summed E-state index contributed by atoms with van der Waals surface area (Å²) in [4.78, 5) is 38.7. The van der Waals surface area contributed by atoms with Crippen LogP contribution in [0, 0.1) is 12.0 Å². The van der Waals surface area contributed by atoms with Gasteiger partial charge in [0, 0.05) is 105 Å². The van der Waals surface area contributed by atoms with Crippen LogP contribution in [0.25, 0.3) is 27.5 Å². The molecule has 22 nitrogen and oxygen atoms in total. The van der Waals surface area contributed by atoms with Crippen LogP contribution in [0.5, 0.6) is 0 Å². The summed E-state index contributed by atoms with van der Waals surface area (Å²) in [6, 6.07) is 1.82. The Hall–Kier alpha value is -2.71. The Morgan fingerprint density at radius 2 is 1.40 bits per heavy atom. The Morgan fingerprint density at radius 1 is 0.800 bits per heavy atom. The van der Waals surface area contributed by atoms with E-state index < -0.39 is 125 Å². The number of rotatable bonds is 8. The van der Waals surface area contributed by atoms with Gasteiger partial charge in [-0.15, -0.1) is 10.2 Å². The monoisotopic (exact) mass is 871 g/mol. The average Bonchev–Trinajstić information content (AvgIpc) is 3.45. The molecule has 4 amide bonds. The number of halogens is 3. The second-order valence-corrected chi connectivity index (χ2v) is 14.8. The van der Waals surface area contributed by atoms with Crippen molar-refractivity contribution in [3.05, 3.63) is 53.4 Å². The first-order valence-electron chi connectivity index (χ1n) is 13.3. The first-order valence-corrected chi connectivity index (χ1v) is 18.0. The molecule has 1 aliphatic heterocycles. The van der Waals surface area contributed by atoms with E-state index in [1.54, 1.807) is 10.6 Å². The van der Waals surface area contributed by atoms with Crippen molar-refractivity contribution in [2.45, 2.75) is 20.7 Å². The number of amides is 4. The molecular weight excluding hydrogens is 859 g/mol. The van der Waals surface area contributed by atoms with E-state index in [4.69, 9.17) is 11.6 Å². The summed E-state index contributed by atoms with van der Waals surface area (Å²) in [7, 11) is -15.8.